The SMILES string of the molecule is CC(C)=COCl. The predicted octanol–water partition coefficient (Wildman–Crippen LogP) is 2.08. The normalized spacial score (nSPS) is 7.17. The highest BCUT2D eigenvalue weighted by Gasteiger charge is 1.69. The third-order valence-electron chi connectivity index (χ3n) is 0.280. The summed E-state index contributed by atoms with van der Waals surface area (Å²) in [6.07, 6.45) is 1.47. The van der Waals surface area contributed by atoms with Crippen molar-refractivity contribution in [1.29, 1.82) is 0 Å². The first kappa shape index (κ1) is 5.83. The predicted molar refractivity (Wildman–Crippen MR) is 26.4 cm³/mol. The Hall–Kier alpha value is -0.170. The molecule has 0 spiro atoms. The zero-order chi connectivity index (χ0) is 4.99. The van der Waals surface area contributed by atoms with Gasteiger partial charge in [0.15, 0.2) is 0 Å². The molecule has 6 heavy (non-hydrogen) atoms. The van der Waals surface area contributed by atoms with Crippen LogP contribution < -0.4 is 0 Å². The van der Waals surface area contributed by atoms with Crippen LogP contribution in [0.3, 0.4) is 0 Å². The molecule has 0 saturated heterocycles. The Morgan fingerprint density at radius 3 is 2.17 bits per heavy atom. The molecule has 0 heterocycles. The molecule has 0 atom stereocenters. The van der Waals surface area contributed by atoms with Crippen LogP contribution in [0.1, 0.15) is 13.8 Å². The Morgan fingerprint density at radius 1 is 1.67 bits per heavy atom. The molecule has 0 saturated carbocycles. The van der Waals surface area contributed by atoms with E-state index in [1.54, 1.807) is 0 Å². The monoisotopic (exact) mass is 106 g/mol. The lowest BCUT2D eigenvalue weighted by Crippen LogP contribution is -1.59. The van der Waals surface area contributed by atoms with Crippen LogP contribution in [-0.2, 0) is 4.29 Å². The highest BCUT2D eigenvalue weighted by molar-refractivity contribution is 6.07. The van der Waals surface area contributed by atoms with E-state index >= 15 is 0 Å². The van der Waals surface area contributed by atoms with Crippen LogP contribution in [0, 0.1) is 0 Å². The summed E-state index contributed by atoms with van der Waals surface area (Å²) in [5, 5.41) is 0. The van der Waals surface area contributed by atoms with Gasteiger partial charge in [0, 0.05) is 0 Å². The average Bonchev–Trinajstić information content (AvgIpc) is 1.35. The maximum absolute atomic E-state index is 4.82. The molecule has 0 aliphatic carbocycles. The van der Waals surface area contributed by atoms with Crippen molar-refractivity contribution >= 4 is 11.9 Å². The highest BCUT2D eigenvalue weighted by atomic mass is 35.5. The van der Waals surface area contributed by atoms with Crippen molar-refractivity contribution in [3.63, 3.8) is 0 Å². The van der Waals surface area contributed by atoms with Gasteiger partial charge in [-0.15, -0.1) is 0 Å². The number of allylic oxidation sites excluding steroid dienone is 1. The summed E-state index contributed by atoms with van der Waals surface area (Å²) in [5.74, 6) is 0. The number of rotatable bonds is 1. The maximum atomic E-state index is 4.82. The van der Waals surface area contributed by atoms with E-state index in [2.05, 4.69) is 4.29 Å². The molecule has 0 aromatic rings. The van der Waals surface area contributed by atoms with E-state index in [1.165, 1.54) is 6.26 Å². The van der Waals surface area contributed by atoms with Crippen molar-refractivity contribution in [1.82, 2.24) is 0 Å². The third kappa shape index (κ3) is 3.83. The quantitative estimate of drug-likeness (QED) is 0.465. The van der Waals surface area contributed by atoms with Crippen molar-refractivity contribution in [2.75, 3.05) is 0 Å². The topological polar surface area (TPSA) is 9.23 Å². The Labute approximate surface area is 42.7 Å². The number of hydrogen-bond acceptors (Lipinski definition) is 1. The lowest BCUT2D eigenvalue weighted by molar-refractivity contribution is 0.531. The Kier molecular flexibility index (Phi) is 2.95. The summed E-state index contributed by atoms with van der Waals surface area (Å²) in [6, 6.07) is 0. The second-order valence-corrected chi connectivity index (χ2v) is 1.46. The zero-order valence-corrected chi connectivity index (χ0v) is 4.62. The van der Waals surface area contributed by atoms with Gasteiger partial charge < -0.3 is 4.29 Å². The third-order valence-corrected chi connectivity index (χ3v) is 0.369. The van der Waals surface area contributed by atoms with E-state index in [1.807, 2.05) is 13.8 Å². The Morgan fingerprint density at radius 2 is 2.17 bits per heavy atom. The molecule has 0 fully saturated rings. The Balaban J connectivity index is 3.14. The number of hydrogen-bond donors (Lipinski definition) is 0. The molecule has 0 aliphatic heterocycles. The van der Waals surface area contributed by atoms with Gasteiger partial charge in [0.1, 0.15) is 18.1 Å². The van der Waals surface area contributed by atoms with E-state index in [0.29, 0.717) is 0 Å². The minimum atomic E-state index is 1.06. The zero-order valence-electron chi connectivity index (χ0n) is 3.86. The highest BCUT2D eigenvalue weighted by Crippen LogP contribution is 1.89. The first-order chi connectivity index (χ1) is 2.77. The molecule has 0 rings (SSSR count). The molecule has 0 aromatic carbocycles. The minimum absolute atomic E-state index is 1.06. The van der Waals surface area contributed by atoms with Gasteiger partial charge >= 0.3 is 0 Å². The molecule has 2 heteroatoms. The van der Waals surface area contributed by atoms with Gasteiger partial charge in [-0.2, -0.15) is 0 Å². The van der Waals surface area contributed by atoms with E-state index in [9.17, 15) is 0 Å². The minimum Gasteiger partial charge on any atom is -0.394 e. The van der Waals surface area contributed by atoms with E-state index in [0.717, 1.165) is 5.57 Å². The molecular weight excluding hydrogens is 99.5 g/mol. The summed E-state index contributed by atoms with van der Waals surface area (Å²) in [7, 11) is 0. The maximum Gasteiger partial charge on any atom is 0.134 e. The molecule has 0 bridgehead atoms. The summed E-state index contributed by atoms with van der Waals surface area (Å²) in [5.41, 5.74) is 1.06. The van der Waals surface area contributed by atoms with Gasteiger partial charge in [-0.1, -0.05) is 0 Å². The van der Waals surface area contributed by atoms with E-state index in [4.69, 9.17) is 11.9 Å². The van der Waals surface area contributed by atoms with Crippen molar-refractivity contribution in [3.8, 4) is 0 Å². The fraction of sp³-hybridized carbons (Fsp3) is 0.500. The van der Waals surface area contributed by atoms with Crippen LogP contribution >= 0.6 is 11.9 Å². The first-order valence-electron chi connectivity index (χ1n) is 1.68. The lowest BCUT2D eigenvalue weighted by Gasteiger charge is -1.80. The molecule has 1 nitrogen and oxygen atoms in total. The summed E-state index contributed by atoms with van der Waals surface area (Å²) in [6.45, 7) is 3.81. The Bertz CT molecular complexity index is 54.6. The number of halogens is 1. The molecule has 0 aromatic heterocycles. The van der Waals surface area contributed by atoms with Crippen molar-refractivity contribution in [3.05, 3.63) is 11.8 Å². The standard InChI is InChI=1S/C4H7ClO/c1-4(2)3-6-5/h3H,1-2H3. The van der Waals surface area contributed by atoms with Crippen LogP contribution in [0.4, 0.5) is 0 Å². The van der Waals surface area contributed by atoms with E-state index < -0.39 is 0 Å². The second kappa shape index (κ2) is 3.04. The molecular formula is C4H7ClO. The molecule has 0 aliphatic rings. The van der Waals surface area contributed by atoms with Crippen LogP contribution in [0.5, 0.6) is 0 Å². The molecule has 0 amide bonds. The fourth-order valence-corrected chi connectivity index (χ4v) is 0.267. The summed E-state index contributed by atoms with van der Waals surface area (Å²) >= 11 is 4.82. The van der Waals surface area contributed by atoms with Gasteiger partial charge in [-0.05, 0) is 19.4 Å². The molecule has 0 N–H and O–H groups in total. The summed E-state index contributed by atoms with van der Waals surface area (Å²) in [4.78, 5) is 0. The van der Waals surface area contributed by atoms with Gasteiger partial charge in [0.25, 0.3) is 0 Å². The van der Waals surface area contributed by atoms with Gasteiger partial charge in [0.05, 0.1) is 0 Å². The van der Waals surface area contributed by atoms with Crippen LogP contribution in [0.15, 0.2) is 11.8 Å². The largest absolute Gasteiger partial charge is 0.394 e. The van der Waals surface area contributed by atoms with Gasteiger partial charge in [0.2, 0.25) is 0 Å². The van der Waals surface area contributed by atoms with Crippen LogP contribution in [-0.4, -0.2) is 0 Å². The van der Waals surface area contributed by atoms with Crippen molar-refractivity contribution in [2.24, 2.45) is 0 Å². The second-order valence-electron chi connectivity index (χ2n) is 1.28. The fourth-order valence-electron chi connectivity index (χ4n) is 0.0891. The van der Waals surface area contributed by atoms with E-state index in [-0.39, 0.29) is 0 Å². The van der Waals surface area contributed by atoms with Gasteiger partial charge in [-0.25, -0.2) is 0 Å². The van der Waals surface area contributed by atoms with Crippen molar-refractivity contribution in [2.45, 2.75) is 13.8 Å². The smallest absolute Gasteiger partial charge is 0.134 e. The first-order valence-corrected chi connectivity index (χ1v) is 1.99. The van der Waals surface area contributed by atoms with Gasteiger partial charge in [-0.3, -0.25) is 0 Å². The van der Waals surface area contributed by atoms with Crippen LogP contribution in [0.25, 0.3) is 0 Å². The van der Waals surface area contributed by atoms with Crippen molar-refractivity contribution < 1.29 is 4.29 Å². The average molecular weight is 107 g/mol. The van der Waals surface area contributed by atoms with Crippen LogP contribution in [0.2, 0.25) is 0 Å². The lowest BCUT2D eigenvalue weighted by atomic mass is 10.4. The molecule has 0 radical (unpaired) electrons. The molecule has 36 valence electrons. The summed E-state index contributed by atoms with van der Waals surface area (Å²) < 4.78 is 4.11. The molecule has 0 unspecified atom stereocenters.